The van der Waals surface area contributed by atoms with Gasteiger partial charge >= 0.3 is 0 Å². The molecule has 1 amide bonds. The molecule has 0 spiro atoms. The van der Waals surface area contributed by atoms with Crippen molar-refractivity contribution >= 4 is 22.6 Å². The van der Waals surface area contributed by atoms with Crippen molar-refractivity contribution in [2.45, 2.75) is 38.6 Å². The molecule has 1 aromatic heterocycles. The summed E-state index contributed by atoms with van der Waals surface area (Å²) in [6.45, 7) is 8.23. The molecular formula is C12H20N4O2S. The Morgan fingerprint density at radius 2 is 2.37 bits per heavy atom. The van der Waals surface area contributed by atoms with E-state index < -0.39 is 0 Å². The van der Waals surface area contributed by atoms with E-state index in [-0.39, 0.29) is 17.4 Å². The number of nitrogens with one attached hydrogen (secondary N) is 2. The topological polar surface area (TPSA) is 76.1 Å². The number of rotatable bonds is 3. The number of aromatic nitrogens is 2. The van der Waals surface area contributed by atoms with Crippen LogP contribution in [0.5, 0.6) is 0 Å². The maximum atomic E-state index is 11.9. The summed E-state index contributed by atoms with van der Waals surface area (Å²) in [6, 6.07) is 0.0868. The summed E-state index contributed by atoms with van der Waals surface area (Å²) in [7, 11) is 0. The zero-order valence-corrected chi connectivity index (χ0v) is 12.3. The maximum absolute atomic E-state index is 11.9. The average Bonchev–Trinajstić information content (AvgIpc) is 2.78. The van der Waals surface area contributed by atoms with E-state index in [4.69, 9.17) is 4.74 Å². The standard InChI is InChI=1S/C12H20N4O2S/c1-12(2,3)10-15-11(19-16-10)14-9(17)6-8-7-18-5-4-13-8/h8,13H,4-7H2,1-3H3,(H,14,15,16,17). The first-order valence-corrected chi connectivity index (χ1v) is 7.17. The van der Waals surface area contributed by atoms with Gasteiger partial charge in [-0.1, -0.05) is 20.8 Å². The number of anilines is 1. The third-order valence-electron chi connectivity index (χ3n) is 2.77. The lowest BCUT2D eigenvalue weighted by molar-refractivity contribution is -0.117. The van der Waals surface area contributed by atoms with Gasteiger partial charge in [-0.2, -0.15) is 4.37 Å². The van der Waals surface area contributed by atoms with E-state index >= 15 is 0 Å². The molecule has 1 aromatic rings. The van der Waals surface area contributed by atoms with Crippen molar-refractivity contribution in [3.8, 4) is 0 Å². The summed E-state index contributed by atoms with van der Waals surface area (Å²) in [5.41, 5.74) is -0.0990. The van der Waals surface area contributed by atoms with Gasteiger partial charge in [0.15, 0.2) is 0 Å². The Bertz CT molecular complexity index is 435. The van der Waals surface area contributed by atoms with Crippen LogP contribution in [-0.4, -0.2) is 41.1 Å². The molecule has 7 heteroatoms. The van der Waals surface area contributed by atoms with Gasteiger partial charge in [-0.15, -0.1) is 0 Å². The molecule has 2 heterocycles. The Morgan fingerprint density at radius 3 is 2.95 bits per heavy atom. The van der Waals surface area contributed by atoms with Crippen molar-refractivity contribution in [1.29, 1.82) is 0 Å². The lowest BCUT2D eigenvalue weighted by atomic mass is 9.96. The van der Waals surface area contributed by atoms with Gasteiger partial charge in [-0.05, 0) is 0 Å². The van der Waals surface area contributed by atoms with Crippen LogP contribution in [0.2, 0.25) is 0 Å². The Labute approximate surface area is 117 Å². The van der Waals surface area contributed by atoms with E-state index in [1.54, 1.807) is 0 Å². The van der Waals surface area contributed by atoms with Crippen LogP contribution in [0.25, 0.3) is 0 Å². The monoisotopic (exact) mass is 284 g/mol. The minimum absolute atomic E-state index is 0.0559. The molecule has 0 aliphatic carbocycles. The summed E-state index contributed by atoms with van der Waals surface area (Å²) in [6.07, 6.45) is 0.393. The largest absolute Gasteiger partial charge is 0.378 e. The number of carbonyl (C=O) groups excluding carboxylic acids is 1. The zero-order chi connectivity index (χ0) is 13.9. The van der Waals surface area contributed by atoms with Crippen LogP contribution in [0.3, 0.4) is 0 Å². The Balaban J connectivity index is 1.86. The molecule has 2 N–H and O–H groups in total. The van der Waals surface area contributed by atoms with Gasteiger partial charge in [0.25, 0.3) is 0 Å². The predicted molar refractivity (Wildman–Crippen MR) is 74.5 cm³/mol. The Morgan fingerprint density at radius 1 is 1.58 bits per heavy atom. The van der Waals surface area contributed by atoms with Crippen LogP contribution in [0.4, 0.5) is 5.13 Å². The van der Waals surface area contributed by atoms with Gasteiger partial charge in [0, 0.05) is 36.0 Å². The molecule has 106 valence electrons. The molecule has 1 aliphatic heterocycles. The number of hydrogen-bond donors (Lipinski definition) is 2. The highest BCUT2D eigenvalue weighted by Gasteiger charge is 2.21. The molecule has 2 rings (SSSR count). The molecule has 19 heavy (non-hydrogen) atoms. The Kier molecular flexibility index (Phi) is 4.49. The lowest BCUT2D eigenvalue weighted by Crippen LogP contribution is -2.43. The molecule has 6 nitrogen and oxygen atoms in total. The predicted octanol–water partition coefficient (Wildman–Crippen LogP) is 1.15. The first-order chi connectivity index (χ1) is 8.95. The minimum atomic E-state index is -0.0990. The molecule has 1 saturated heterocycles. The average molecular weight is 284 g/mol. The number of carbonyl (C=O) groups is 1. The molecule has 1 unspecified atom stereocenters. The van der Waals surface area contributed by atoms with Crippen LogP contribution >= 0.6 is 11.5 Å². The van der Waals surface area contributed by atoms with Crippen molar-refractivity contribution in [1.82, 2.24) is 14.7 Å². The molecule has 1 atom stereocenters. The van der Waals surface area contributed by atoms with Crippen molar-refractivity contribution in [3.05, 3.63) is 5.82 Å². The fourth-order valence-electron chi connectivity index (χ4n) is 1.72. The fourth-order valence-corrected chi connectivity index (χ4v) is 2.50. The first-order valence-electron chi connectivity index (χ1n) is 6.40. The van der Waals surface area contributed by atoms with Gasteiger partial charge in [0.1, 0.15) is 5.82 Å². The van der Waals surface area contributed by atoms with Crippen molar-refractivity contribution in [3.63, 3.8) is 0 Å². The zero-order valence-electron chi connectivity index (χ0n) is 11.5. The van der Waals surface area contributed by atoms with E-state index in [0.29, 0.717) is 24.8 Å². The molecular weight excluding hydrogens is 264 g/mol. The SMILES string of the molecule is CC(C)(C)c1nsc(NC(=O)CC2COCCN2)n1. The van der Waals surface area contributed by atoms with Crippen LogP contribution < -0.4 is 10.6 Å². The van der Waals surface area contributed by atoms with Crippen molar-refractivity contribution < 1.29 is 9.53 Å². The number of amides is 1. The molecule has 1 fully saturated rings. The van der Waals surface area contributed by atoms with Gasteiger partial charge in [0.2, 0.25) is 11.0 Å². The van der Waals surface area contributed by atoms with Gasteiger partial charge < -0.3 is 15.4 Å². The second-order valence-electron chi connectivity index (χ2n) is 5.65. The third-order valence-corrected chi connectivity index (χ3v) is 3.40. The summed E-state index contributed by atoms with van der Waals surface area (Å²) >= 11 is 1.22. The van der Waals surface area contributed by atoms with E-state index in [2.05, 4.69) is 20.0 Å². The highest BCUT2D eigenvalue weighted by Crippen LogP contribution is 2.22. The van der Waals surface area contributed by atoms with Crippen molar-refractivity contribution in [2.75, 3.05) is 25.1 Å². The lowest BCUT2D eigenvalue weighted by Gasteiger charge is -2.22. The van der Waals surface area contributed by atoms with Gasteiger partial charge in [-0.25, -0.2) is 4.98 Å². The fraction of sp³-hybridized carbons (Fsp3) is 0.750. The second kappa shape index (κ2) is 5.94. The molecule has 0 bridgehead atoms. The van der Waals surface area contributed by atoms with Gasteiger partial charge in [0.05, 0.1) is 13.2 Å². The first kappa shape index (κ1) is 14.4. The van der Waals surface area contributed by atoms with E-state index in [1.807, 2.05) is 20.8 Å². The third kappa shape index (κ3) is 4.22. The number of ether oxygens (including phenoxy) is 1. The summed E-state index contributed by atoms with van der Waals surface area (Å²) in [4.78, 5) is 16.2. The highest BCUT2D eigenvalue weighted by atomic mass is 32.1. The summed E-state index contributed by atoms with van der Waals surface area (Å²) in [5, 5.41) is 6.60. The molecule has 0 saturated carbocycles. The Hall–Kier alpha value is -1.05. The van der Waals surface area contributed by atoms with Crippen molar-refractivity contribution in [2.24, 2.45) is 0 Å². The molecule has 0 radical (unpaired) electrons. The quantitative estimate of drug-likeness (QED) is 0.871. The highest BCUT2D eigenvalue weighted by molar-refractivity contribution is 7.09. The smallest absolute Gasteiger partial charge is 0.227 e. The molecule has 1 aliphatic rings. The van der Waals surface area contributed by atoms with E-state index in [1.165, 1.54) is 11.5 Å². The normalized spacial score (nSPS) is 20.3. The van der Waals surface area contributed by atoms with E-state index in [0.717, 1.165) is 12.4 Å². The number of hydrogen-bond acceptors (Lipinski definition) is 6. The second-order valence-corrected chi connectivity index (χ2v) is 6.40. The number of nitrogens with zero attached hydrogens (tertiary/aromatic N) is 2. The van der Waals surface area contributed by atoms with Gasteiger partial charge in [-0.3, -0.25) is 4.79 Å². The van der Waals surface area contributed by atoms with Crippen LogP contribution in [0, 0.1) is 0 Å². The maximum Gasteiger partial charge on any atom is 0.227 e. The summed E-state index contributed by atoms with van der Waals surface area (Å²) < 4.78 is 9.58. The number of morpholine rings is 1. The molecule has 0 aromatic carbocycles. The van der Waals surface area contributed by atoms with E-state index in [9.17, 15) is 4.79 Å². The van der Waals surface area contributed by atoms with Crippen LogP contribution in [-0.2, 0) is 14.9 Å². The minimum Gasteiger partial charge on any atom is -0.378 e. The van der Waals surface area contributed by atoms with Crippen LogP contribution in [0.15, 0.2) is 0 Å². The summed E-state index contributed by atoms with van der Waals surface area (Å²) in [5.74, 6) is 0.700. The van der Waals surface area contributed by atoms with Crippen LogP contribution in [0.1, 0.15) is 33.0 Å².